The van der Waals surface area contributed by atoms with Gasteiger partial charge in [-0.3, -0.25) is 4.98 Å². The van der Waals surface area contributed by atoms with Gasteiger partial charge in [0.1, 0.15) is 13.2 Å². The van der Waals surface area contributed by atoms with Crippen LogP contribution in [0.25, 0.3) is 22.1 Å². The van der Waals surface area contributed by atoms with Crippen LogP contribution in [0.5, 0.6) is 11.5 Å². The summed E-state index contributed by atoms with van der Waals surface area (Å²) < 4.78 is 22.1. The summed E-state index contributed by atoms with van der Waals surface area (Å²) in [6.07, 6.45) is 13.4. The third kappa shape index (κ3) is 7.24. The lowest BCUT2D eigenvalue weighted by Gasteiger charge is -2.32. The van der Waals surface area contributed by atoms with E-state index in [1.807, 2.05) is 30.3 Å². The zero-order chi connectivity index (χ0) is 31.8. The Morgan fingerprint density at radius 3 is 1.79 bits per heavy atom. The summed E-state index contributed by atoms with van der Waals surface area (Å²) in [6.45, 7) is 8.04. The quantitative estimate of drug-likeness (QED) is 0.213. The molecule has 3 saturated heterocycles. The number of oxazole rings is 1. The molecule has 0 amide bonds. The van der Waals surface area contributed by atoms with E-state index in [4.69, 9.17) is 18.3 Å². The lowest BCUT2D eigenvalue weighted by atomic mass is 10.1. The number of furan rings is 1. The Balaban J connectivity index is 0.000000112. The molecule has 0 atom stereocenters. The summed E-state index contributed by atoms with van der Waals surface area (Å²) in [7, 11) is 0. The van der Waals surface area contributed by atoms with Gasteiger partial charge in [0.15, 0.2) is 22.7 Å². The van der Waals surface area contributed by atoms with Crippen LogP contribution in [0.4, 0.5) is 17.1 Å². The molecule has 9 nitrogen and oxygen atoms in total. The monoisotopic (exact) mass is 638 g/mol. The number of benzene rings is 3. The number of rotatable bonds is 3. The van der Waals surface area contributed by atoms with E-state index < -0.39 is 0 Å². The van der Waals surface area contributed by atoms with Crippen LogP contribution in [-0.2, 0) is 0 Å². The maximum absolute atomic E-state index is 11.2. The summed E-state index contributed by atoms with van der Waals surface area (Å²) in [5.74, 6) is 1.46. The molecule has 3 fully saturated rings. The van der Waals surface area contributed by atoms with Crippen molar-refractivity contribution in [3.05, 3.63) is 77.5 Å². The van der Waals surface area contributed by atoms with E-state index in [9.17, 15) is 4.79 Å². The number of aromatic nitrogens is 1. The van der Waals surface area contributed by atoms with Gasteiger partial charge in [0, 0.05) is 44.7 Å². The van der Waals surface area contributed by atoms with Crippen molar-refractivity contribution in [2.24, 2.45) is 0 Å². The van der Waals surface area contributed by atoms with E-state index in [0.717, 1.165) is 54.5 Å². The Kier molecular flexibility index (Phi) is 9.87. The third-order valence-electron chi connectivity index (χ3n) is 9.52. The van der Waals surface area contributed by atoms with Crippen LogP contribution in [0.1, 0.15) is 57.8 Å². The Hall–Kier alpha value is -4.53. The molecule has 6 heterocycles. The van der Waals surface area contributed by atoms with Crippen molar-refractivity contribution in [3.8, 4) is 11.5 Å². The van der Waals surface area contributed by atoms with E-state index in [0.29, 0.717) is 18.8 Å². The molecule has 248 valence electrons. The standard InChI is InChI=1S/C13H17NO2.C13H15NO.C12H14N2O2/c1-2-7-14(8-3-1)11-5-4-6-12-13(11)16-10-9-15-12;1-2-8-14(9-3-1)12-6-4-5-11-7-10-15-13(11)12;15-12-13-9-5-4-6-10(11(9)16-12)14-7-2-1-3-8-14/h4-6H,1-3,7-10H2;4-7,10H,1-3,8-9H2;4-6H,1-3,7-8H2,(H,13,15). The normalized spacial score (nSPS) is 17.9. The number of ether oxygens (including phenoxy) is 2. The SMILES string of the molecule is O=c1[nH]c2cccc(N3CCCCC3)c2o1.c1cc(N2CCCCC2)c2occc2c1.c1cc2c(c(N3CCCCC3)c1)OCCO2. The number of aromatic amines is 1. The van der Waals surface area contributed by atoms with Crippen molar-refractivity contribution in [1.29, 1.82) is 0 Å². The summed E-state index contributed by atoms with van der Waals surface area (Å²) >= 11 is 0. The van der Waals surface area contributed by atoms with Gasteiger partial charge in [0.25, 0.3) is 0 Å². The average molecular weight is 639 g/mol. The number of para-hydroxylation sites is 3. The van der Waals surface area contributed by atoms with Gasteiger partial charge in [0.05, 0.1) is 28.8 Å². The molecule has 0 spiro atoms. The van der Waals surface area contributed by atoms with Crippen LogP contribution in [0.2, 0.25) is 0 Å². The minimum Gasteiger partial charge on any atom is -0.486 e. The molecule has 0 saturated carbocycles. The molecule has 0 bridgehead atoms. The topological polar surface area (TPSA) is 87.3 Å². The smallest absolute Gasteiger partial charge is 0.417 e. The molecule has 2 aromatic heterocycles. The van der Waals surface area contributed by atoms with Crippen molar-refractivity contribution < 1.29 is 18.3 Å². The minimum absolute atomic E-state index is 0.376. The van der Waals surface area contributed by atoms with Crippen LogP contribution in [0.15, 0.2) is 80.6 Å². The molecule has 1 N–H and O–H groups in total. The Labute approximate surface area is 276 Å². The molecule has 0 radical (unpaired) electrons. The maximum atomic E-state index is 11.2. The van der Waals surface area contributed by atoms with Crippen molar-refractivity contribution in [1.82, 2.24) is 4.98 Å². The number of H-pyrrole nitrogens is 1. The Bertz CT molecular complexity index is 1790. The van der Waals surface area contributed by atoms with Gasteiger partial charge in [-0.1, -0.05) is 24.3 Å². The Morgan fingerprint density at radius 1 is 0.553 bits per heavy atom. The lowest BCUT2D eigenvalue weighted by Crippen LogP contribution is -2.30. The number of piperidine rings is 3. The number of anilines is 3. The van der Waals surface area contributed by atoms with Crippen LogP contribution in [-0.4, -0.2) is 57.5 Å². The van der Waals surface area contributed by atoms with E-state index >= 15 is 0 Å². The average Bonchev–Trinajstić information content (AvgIpc) is 3.79. The Morgan fingerprint density at radius 2 is 1.11 bits per heavy atom. The highest BCUT2D eigenvalue weighted by molar-refractivity contribution is 5.89. The molecule has 9 heteroatoms. The highest BCUT2D eigenvalue weighted by Gasteiger charge is 2.21. The molecule has 3 aromatic carbocycles. The van der Waals surface area contributed by atoms with E-state index in [1.165, 1.54) is 87.6 Å². The highest BCUT2D eigenvalue weighted by Crippen LogP contribution is 2.40. The molecule has 5 aromatic rings. The fraction of sp³-hybridized carbons (Fsp3) is 0.447. The van der Waals surface area contributed by atoms with Crippen LogP contribution in [0.3, 0.4) is 0 Å². The molecule has 4 aliphatic rings. The predicted molar refractivity (Wildman–Crippen MR) is 189 cm³/mol. The highest BCUT2D eigenvalue weighted by atomic mass is 16.6. The van der Waals surface area contributed by atoms with Gasteiger partial charge in [-0.2, -0.15) is 0 Å². The van der Waals surface area contributed by atoms with Gasteiger partial charge >= 0.3 is 5.76 Å². The zero-order valence-electron chi connectivity index (χ0n) is 27.3. The molecule has 9 rings (SSSR count). The maximum Gasteiger partial charge on any atom is 0.417 e. The van der Waals surface area contributed by atoms with E-state index in [1.54, 1.807) is 6.26 Å². The van der Waals surface area contributed by atoms with Crippen LogP contribution >= 0.6 is 0 Å². The summed E-state index contributed by atoms with van der Waals surface area (Å²) in [5.41, 5.74) is 6.02. The van der Waals surface area contributed by atoms with Crippen molar-refractivity contribution in [3.63, 3.8) is 0 Å². The minimum atomic E-state index is -0.376. The summed E-state index contributed by atoms with van der Waals surface area (Å²) in [6, 6.07) is 20.4. The third-order valence-corrected chi connectivity index (χ3v) is 9.52. The molecular formula is C38H46N4O5. The number of nitrogens with one attached hydrogen (secondary N) is 1. The first-order chi connectivity index (χ1) is 23.2. The fourth-order valence-corrected chi connectivity index (χ4v) is 7.15. The first-order valence-corrected chi connectivity index (χ1v) is 17.5. The predicted octanol–water partition coefficient (Wildman–Crippen LogP) is 7.98. The van der Waals surface area contributed by atoms with Crippen molar-refractivity contribution >= 4 is 39.1 Å². The van der Waals surface area contributed by atoms with Gasteiger partial charge in [-0.15, -0.1) is 0 Å². The van der Waals surface area contributed by atoms with Crippen molar-refractivity contribution in [2.75, 3.05) is 67.2 Å². The van der Waals surface area contributed by atoms with Gasteiger partial charge in [-0.05, 0) is 94.2 Å². The molecule has 0 unspecified atom stereocenters. The largest absolute Gasteiger partial charge is 0.486 e. The lowest BCUT2D eigenvalue weighted by molar-refractivity contribution is 0.172. The number of hydrogen-bond donors (Lipinski definition) is 1. The number of nitrogens with zero attached hydrogens (tertiary/aromatic N) is 3. The molecule has 4 aliphatic heterocycles. The van der Waals surface area contributed by atoms with Gasteiger partial charge in [-0.25, -0.2) is 4.79 Å². The second-order valence-corrected chi connectivity index (χ2v) is 12.7. The number of fused-ring (bicyclic) bond motifs is 3. The number of hydrogen-bond acceptors (Lipinski definition) is 8. The summed E-state index contributed by atoms with van der Waals surface area (Å²) in [5, 5.41) is 1.21. The molecular weight excluding hydrogens is 592 g/mol. The van der Waals surface area contributed by atoms with Crippen LogP contribution in [0, 0.1) is 0 Å². The van der Waals surface area contributed by atoms with Gasteiger partial charge in [0.2, 0.25) is 0 Å². The van der Waals surface area contributed by atoms with Crippen LogP contribution < -0.4 is 29.9 Å². The summed E-state index contributed by atoms with van der Waals surface area (Å²) in [4.78, 5) is 21.0. The second-order valence-electron chi connectivity index (χ2n) is 12.7. The van der Waals surface area contributed by atoms with Crippen molar-refractivity contribution in [2.45, 2.75) is 57.8 Å². The molecule has 47 heavy (non-hydrogen) atoms. The first kappa shape index (κ1) is 31.1. The van der Waals surface area contributed by atoms with E-state index in [-0.39, 0.29) is 5.76 Å². The molecule has 0 aliphatic carbocycles. The second kappa shape index (κ2) is 14.9. The van der Waals surface area contributed by atoms with E-state index in [2.05, 4.69) is 50.0 Å². The first-order valence-electron chi connectivity index (χ1n) is 17.5. The fourth-order valence-electron chi connectivity index (χ4n) is 7.15. The van der Waals surface area contributed by atoms with Gasteiger partial charge < -0.3 is 33.0 Å². The zero-order valence-corrected chi connectivity index (χ0v) is 27.3.